The van der Waals surface area contributed by atoms with Crippen molar-refractivity contribution in [1.82, 2.24) is 19.8 Å². The molecule has 0 bridgehead atoms. The molecule has 1 atom stereocenters. The van der Waals surface area contributed by atoms with Gasteiger partial charge in [-0.15, -0.1) is 0 Å². The minimum absolute atomic E-state index is 0.0717. The summed E-state index contributed by atoms with van der Waals surface area (Å²) in [6.07, 6.45) is 4.48. The van der Waals surface area contributed by atoms with E-state index in [1.807, 2.05) is 6.92 Å². The van der Waals surface area contributed by atoms with Crippen molar-refractivity contribution >= 4 is 15.9 Å². The van der Waals surface area contributed by atoms with E-state index in [4.69, 9.17) is 9.15 Å². The maximum absolute atomic E-state index is 14.2. The van der Waals surface area contributed by atoms with Crippen LogP contribution in [0, 0.1) is 5.82 Å². The highest BCUT2D eigenvalue weighted by atomic mass is 32.2. The van der Waals surface area contributed by atoms with Crippen LogP contribution in [0.2, 0.25) is 0 Å². The number of urea groups is 1. The summed E-state index contributed by atoms with van der Waals surface area (Å²) in [6, 6.07) is 8.97. The van der Waals surface area contributed by atoms with E-state index >= 15 is 0 Å². The van der Waals surface area contributed by atoms with Gasteiger partial charge in [-0.25, -0.2) is 22.6 Å². The number of rotatable bonds is 10. The molecule has 0 saturated carbocycles. The molecule has 35 heavy (non-hydrogen) atoms. The molecule has 0 aliphatic carbocycles. The van der Waals surface area contributed by atoms with Crippen LogP contribution in [0.4, 0.5) is 9.18 Å². The Morgan fingerprint density at radius 2 is 2.09 bits per heavy atom. The molecule has 4 rings (SSSR count). The average Bonchev–Trinajstić information content (AvgIpc) is 3.59. The number of carbonyl (C=O) groups is 1. The second kappa shape index (κ2) is 11.0. The minimum Gasteiger partial charge on any atom is -0.467 e. The lowest BCUT2D eigenvalue weighted by atomic mass is 10.2. The van der Waals surface area contributed by atoms with Crippen molar-refractivity contribution in [3.8, 4) is 0 Å². The molecule has 1 aromatic carbocycles. The summed E-state index contributed by atoms with van der Waals surface area (Å²) in [6.45, 7) is 3.42. The Labute approximate surface area is 203 Å². The minimum atomic E-state index is -3.98. The van der Waals surface area contributed by atoms with Gasteiger partial charge in [-0.2, -0.15) is 0 Å². The van der Waals surface area contributed by atoms with Gasteiger partial charge in [0.1, 0.15) is 11.6 Å². The Morgan fingerprint density at radius 3 is 2.77 bits per heavy atom. The zero-order valence-corrected chi connectivity index (χ0v) is 20.3. The molecule has 9 nitrogen and oxygen atoms in total. The van der Waals surface area contributed by atoms with Crippen molar-refractivity contribution < 1.29 is 26.8 Å². The van der Waals surface area contributed by atoms with Gasteiger partial charge in [-0.3, -0.25) is 0 Å². The normalized spacial score (nSPS) is 15.9. The van der Waals surface area contributed by atoms with E-state index in [0.29, 0.717) is 24.6 Å². The fourth-order valence-electron chi connectivity index (χ4n) is 4.09. The van der Waals surface area contributed by atoms with E-state index in [-0.39, 0.29) is 42.5 Å². The second-order valence-corrected chi connectivity index (χ2v) is 10.3. The van der Waals surface area contributed by atoms with Gasteiger partial charge in [0.05, 0.1) is 49.6 Å². The number of halogens is 1. The van der Waals surface area contributed by atoms with Gasteiger partial charge in [-0.05, 0) is 38.0 Å². The maximum atomic E-state index is 14.2. The number of hydrogen-bond donors (Lipinski definition) is 1. The zero-order chi connectivity index (χ0) is 24.8. The van der Waals surface area contributed by atoms with Crippen molar-refractivity contribution in [1.29, 1.82) is 0 Å². The maximum Gasteiger partial charge on any atom is 0.318 e. The number of furan rings is 1. The van der Waals surface area contributed by atoms with E-state index in [2.05, 4.69) is 10.3 Å². The monoisotopic (exact) mass is 504 g/mol. The first-order valence-corrected chi connectivity index (χ1v) is 13.2. The Balaban J connectivity index is 1.66. The van der Waals surface area contributed by atoms with Crippen LogP contribution >= 0.6 is 0 Å². The van der Waals surface area contributed by atoms with E-state index < -0.39 is 21.4 Å². The Kier molecular flexibility index (Phi) is 7.86. The molecule has 3 aromatic rings. The van der Waals surface area contributed by atoms with Crippen molar-refractivity contribution in [2.75, 3.05) is 13.2 Å². The van der Waals surface area contributed by atoms with Crippen LogP contribution in [0.15, 0.2) is 58.4 Å². The topological polar surface area (TPSA) is 107 Å². The molecule has 0 spiro atoms. The highest BCUT2D eigenvalue weighted by Gasteiger charge is 2.29. The average molecular weight is 505 g/mol. The molecular formula is C24H29FN4O5S. The fraction of sp³-hybridized carbons (Fsp3) is 0.417. The van der Waals surface area contributed by atoms with Gasteiger partial charge < -0.3 is 23.9 Å². The lowest BCUT2D eigenvalue weighted by Crippen LogP contribution is -2.39. The summed E-state index contributed by atoms with van der Waals surface area (Å²) >= 11 is 0. The van der Waals surface area contributed by atoms with Crippen LogP contribution in [-0.4, -0.2) is 48.2 Å². The Morgan fingerprint density at radius 1 is 1.26 bits per heavy atom. The van der Waals surface area contributed by atoms with Gasteiger partial charge >= 0.3 is 6.03 Å². The van der Waals surface area contributed by atoms with Crippen molar-refractivity contribution in [3.05, 3.63) is 71.7 Å². The Hall–Kier alpha value is -3.18. The van der Waals surface area contributed by atoms with Crippen LogP contribution in [0.1, 0.15) is 36.8 Å². The van der Waals surface area contributed by atoms with Gasteiger partial charge in [0.2, 0.25) is 15.0 Å². The molecule has 1 saturated heterocycles. The van der Waals surface area contributed by atoms with Crippen LogP contribution in [-0.2, 0) is 40.0 Å². The fourth-order valence-corrected chi connectivity index (χ4v) is 5.60. The molecular weight excluding hydrogens is 475 g/mol. The van der Waals surface area contributed by atoms with E-state index in [9.17, 15) is 17.6 Å². The van der Waals surface area contributed by atoms with Crippen LogP contribution < -0.4 is 5.32 Å². The van der Waals surface area contributed by atoms with Gasteiger partial charge in [-0.1, -0.05) is 18.2 Å². The first-order chi connectivity index (χ1) is 16.9. The molecule has 1 fully saturated rings. The molecule has 11 heteroatoms. The molecule has 1 N–H and O–H groups in total. The van der Waals surface area contributed by atoms with Crippen LogP contribution in [0.25, 0.3) is 0 Å². The number of imidazole rings is 1. The van der Waals surface area contributed by atoms with Crippen LogP contribution in [0.5, 0.6) is 0 Å². The number of aromatic nitrogens is 2. The van der Waals surface area contributed by atoms with Gasteiger partial charge in [0.25, 0.3) is 0 Å². The van der Waals surface area contributed by atoms with E-state index in [0.717, 1.165) is 12.8 Å². The number of ether oxygens (including phenoxy) is 1. The molecule has 3 heterocycles. The quantitative estimate of drug-likeness (QED) is 0.453. The molecule has 2 amide bonds. The number of hydrogen-bond acceptors (Lipinski definition) is 6. The largest absolute Gasteiger partial charge is 0.467 e. The summed E-state index contributed by atoms with van der Waals surface area (Å²) in [5.74, 6) is -0.517. The smallest absolute Gasteiger partial charge is 0.318 e. The molecule has 2 aromatic heterocycles. The van der Waals surface area contributed by atoms with Gasteiger partial charge in [0, 0.05) is 18.7 Å². The first-order valence-electron chi connectivity index (χ1n) is 11.5. The number of nitrogens with one attached hydrogen (secondary N) is 1. The molecule has 0 unspecified atom stereocenters. The van der Waals surface area contributed by atoms with Crippen LogP contribution in [0.3, 0.4) is 0 Å². The number of sulfone groups is 1. The third-order valence-corrected chi connectivity index (χ3v) is 7.36. The molecule has 1 aliphatic rings. The van der Waals surface area contributed by atoms with Crippen molar-refractivity contribution in [2.45, 2.75) is 56.4 Å². The third-order valence-electron chi connectivity index (χ3n) is 5.79. The third kappa shape index (κ3) is 6.09. The number of carbonyl (C=O) groups excluding carboxylic acids is 1. The highest BCUT2D eigenvalue weighted by molar-refractivity contribution is 7.90. The lowest BCUT2D eigenvalue weighted by molar-refractivity contribution is 0.0934. The number of nitrogens with zero attached hydrogens (tertiary/aromatic N) is 3. The first kappa shape index (κ1) is 24.9. The van der Waals surface area contributed by atoms with Gasteiger partial charge in [0.15, 0.2) is 0 Å². The predicted octanol–water partition coefficient (Wildman–Crippen LogP) is 3.50. The highest BCUT2D eigenvalue weighted by Crippen LogP contribution is 2.23. The number of benzene rings is 1. The summed E-state index contributed by atoms with van der Waals surface area (Å²) < 4.78 is 53.6. The zero-order valence-electron chi connectivity index (χ0n) is 19.5. The lowest BCUT2D eigenvalue weighted by Gasteiger charge is -2.23. The summed E-state index contributed by atoms with van der Waals surface area (Å²) in [5.41, 5.74) is 0.605. The predicted molar refractivity (Wildman–Crippen MR) is 126 cm³/mol. The van der Waals surface area contributed by atoms with E-state index in [1.165, 1.54) is 35.6 Å². The molecule has 0 radical (unpaired) electrons. The Bertz CT molecular complexity index is 1240. The molecule has 1 aliphatic heterocycles. The van der Waals surface area contributed by atoms with Crippen molar-refractivity contribution in [3.63, 3.8) is 0 Å². The number of amides is 2. The van der Waals surface area contributed by atoms with E-state index in [1.54, 1.807) is 22.8 Å². The summed E-state index contributed by atoms with van der Waals surface area (Å²) in [5, 5.41) is 2.61. The summed E-state index contributed by atoms with van der Waals surface area (Å²) in [7, 11) is -3.98. The van der Waals surface area contributed by atoms with Crippen molar-refractivity contribution in [2.24, 2.45) is 0 Å². The molecule has 188 valence electrons. The SMILES string of the molecule is CCNC(=O)N(Cc1ccco1)Cc1cnc(S(=O)(=O)Cc2ccccc2F)n1C[C@@H]1CCCO1. The second-order valence-electron chi connectivity index (χ2n) is 8.40. The standard InChI is InChI=1S/C24H29FN4O5S/c1-2-26-23(30)28(15-20-8-5-11-33-20)14-19-13-27-24(29(19)16-21-9-6-12-34-21)35(31,32)17-18-7-3-4-10-22(18)25/h3-5,7-8,10-11,13,21H,2,6,9,12,14-17H2,1H3,(H,26,30)/t21-/m0/s1. The summed E-state index contributed by atoms with van der Waals surface area (Å²) in [4.78, 5) is 18.5.